The molecule has 2 saturated carbocycles. The van der Waals surface area contributed by atoms with Gasteiger partial charge in [-0.2, -0.15) is 0 Å². The van der Waals surface area contributed by atoms with Gasteiger partial charge in [0.15, 0.2) is 0 Å². The number of carboxylic acids is 1. The summed E-state index contributed by atoms with van der Waals surface area (Å²) in [5.74, 6) is -0.661. The fourth-order valence-corrected chi connectivity index (χ4v) is 3.26. The first kappa shape index (κ1) is 15.3. The van der Waals surface area contributed by atoms with Crippen LogP contribution in [0, 0.1) is 28.6 Å². The van der Waals surface area contributed by atoms with Gasteiger partial charge < -0.3 is 9.84 Å². The van der Waals surface area contributed by atoms with Crippen molar-refractivity contribution < 1.29 is 19.4 Å². The second kappa shape index (κ2) is 4.74. The number of carbonyl (C=O) groups excluding carboxylic acids is 1. The molecule has 0 aromatic rings. The summed E-state index contributed by atoms with van der Waals surface area (Å²) in [7, 11) is 0. The first-order chi connectivity index (χ1) is 9.04. The van der Waals surface area contributed by atoms with E-state index in [1.165, 1.54) is 0 Å². The molecule has 0 aliphatic heterocycles. The molecule has 2 aliphatic rings. The summed E-state index contributed by atoms with van der Waals surface area (Å²) >= 11 is 0. The number of hydrogen-bond donors (Lipinski definition) is 1. The van der Waals surface area contributed by atoms with E-state index in [1.54, 1.807) is 0 Å². The molecule has 114 valence electrons. The van der Waals surface area contributed by atoms with Crippen molar-refractivity contribution in [3.8, 4) is 0 Å². The van der Waals surface area contributed by atoms with E-state index in [0.29, 0.717) is 12.8 Å². The highest BCUT2D eigenvalue weighted by Gasteiger charge is 2.51. The van der Waals surface area contributed by atoms with Crippen LogP contribution in [0.4, 0.5) is 0 Å². The van der Waals surface area contributed by atoms with Crippen LogP contribution >= 0.6 is 0 Å². The van der Waals surface area contributed by atoms with Gasteiger partial charge in [0.2, 0.25) is 0 Å². The van der Waals surface area contributed by atoms with Gasteiger partial charge in [0, 0.05) is 0 Å². The maximum atomic E-state index is 12.4. The number of ether oxygens (including phenoxy) is 1. The van der Waals surface area contributed by atoms with E-state index in [2.05, 4.69) is 0 Å². The van der Waals surface area contributed by atoms with Crippen LogP contribution in [-0.4, -0.2) is 23.1 Å². The third-order valence-corrected chi connectivity index (χ3v) is 5.75. The largest absolute Gasteiger partial charge is 0.481 e. The van der Waals surface area contributed by atoms with Crippen LogP contribution in [0.3, 0.4) is 0 Å². The van der Waals surface area contributed by atoms with E-state index < -0.39 is 11.4 Å². The Labute approximate surface area is 120 Å². The molecule has 4 nitrogen and oxygen atoms in total. The molecule has 0 saturated heterocycles. The highest BCUT2D eigenvalue weighted by atomic mass is 16.5. The number of esters is 1. The minimum Gasteiger partial charge on any atom is -0.481 e. The molecule has 0 spiro atoms. The maximum absolute atomic E-state index is 12.4. The molecule has 0 aromatic carbocycles. The Balaban J connectivity index is 1.98. The zero-order valence-corrected chi connectivity index (χ0v) is 13.1. The topological polar surface area (TPSA) is 63.6 Å². The zero-order chi connectivity index (χ0) is 15.3. The molecule has 0 heterocycles. The summed E-state index contributed by atoms with van der Waals surface area (Å²) in [6.45, 7) is 9.95. The van der Waals surface area contributed by atoms with E-state index in [0.717, 1.165) is 6.42 Å². The Morgan fingerprint density at radius 2 is 1.60 bits per heavy atom. The summed E-state index contributed by atoms with van der Waals surface area (Å²) < 4.78 is 5.73. The van der Waals surface area contributed by atoms with Crippen molar-refractivity contribution >= 4 is 11.9 Å². The SMILES string of the molecule is CC(C)(C)C(C)(C)C(=O)OC1CC2CC1CC2C(=O)O. The Kier molecular flexibility index (Phi) is 3.64. The van der Waals surface area contributed by atoms with Gasteiger partial charge in [-0.3, -0.25) is 9.59 Å². The molecular formula is C16H26O4. The van der Waals surface area contributed by atoms with Gasteiger partial charge in [-0.15, -0.1) is 0 Å². The summed E-state index contributed by atoms with van der Waals surface area (Å²) in [6, 6.07) is 0. The normalized spacial score (nSPS) is 33.2. The number of hydrogen-bond acceptors (Lipinski definition) is 3. The average Bonchev–Trinajstić information content (AvgIpc) is 2.86. The van der Waals surface area contributed by atoms with Gasteiger partial charge in [-0.1, -0.05) is 20.8 Å². The van der Waals surface area contributed by atoms with Crippen molar-refractivity contribution in [1.29, 1.82) is 0 Å². The molecule has 20 heavy (non-hydrogen) atoms. The molecule has 2 aliphatic carbocycles. The second-order valence-electron chi connectivity index (χ2n) is 7.99. The third kappa shape index (κ3) is 2.45. The Morgan fingerprint density at radius 3 is 2.00 bits per heavy atom. The van der Waals surface area contributed by atoms with Crippen LogP contribution in [-0.2, 0) is 14.3 Å². The molecule has 4 unspecified atom stereocenters. The van der Waals surface area contributed by atoms with E-state index in [4.69, 9.17) is 9.84 Å². The monoisotopic (exact) mass is 282 g/mol. The Bertz CT molecular complexity index is 419. The standard InChI is InChI=1S/C16H26O4/c1-15(2,3)16(4,5)14(19)20-12-8-9-6-10(12)7-11(9)13(17)18/h9-12H,6-8H2,1-5H3,(H,17,18). The fraction of sp³-hybridized carbons (Fsp3) is 0.875. The van der Waals surface area contributed by atoms with E-state index in [9.17, 15) is 9.59 Å². The van der Waals surface area contributed by atoms with Gasteiger partial charge in [0.25, 0.3) is 0 Å². The number of carboxylic acid groups (broad SMARTS) is 1. The maximum Gasteiger partial charge on any atom is 0.312 e. The Morgan fingerprint density at radius 1 is 1.00 bits per heavy atom. The third-order valence-electron chi connectivity index (χ3n) is 5.75. The summed E-state index contributed by atoms with van der Waals surface area (Å²) in [6.07, 6.45) is 2.19. The van der Waals surface area contributed by atoms with E-state index in [1.807, 2.05) is 34.6 Å². The first-order valence-electron chi connectivity index (χ1n) is 7.48. The zero-order valence-electron chi connectivity index (χ0n) is 13.1. The smallest absolute Gasteiger partial charge is 0.312 e. The average molecular weight is 282 g/mol. The number of rotatable bonds is 3. The van der Waals surface area contributed by atoms with Crippen LogP contribution in [0.25, 0.3) is 0 Å². The minimum atomic E-state index is -0.697. The van der Waals surface area contributed by atoms with Crippen LogP contribution < -0.4 is 0 Å². The van der Waals surface area contributed by atoms with Gasteiger partial charge >= 0.3 is 11.9 Å². The number of fused-ring (bicyclic) bond motifs is 2. The van der Waals surface area contributed by atoms with Crippen molar-refractivity contribution in [2.24, 2.45) is 28.6 Å². The molecule has 1 N–H and O–H groups in total. The van der Waals surface area contributed by atoms with Gasteiger partial charge in [-0.25, -0.2) is 0 Å². The van der Waals surface area contributed by atoms with Crippen molar-refractivity contribution in [2.45, 2.75) is 60.0 Å². The van der Waals surface area contributed by atoms with Crippen LogP contribution in [0.5, 0.6) is 0 Å². The first-order valence-corrected chi connectivity index (χ1v) is 7.48. The predicted octanol–water partition coefficient (Wildman–Crippen LogP) is 3.10. The molecule has 0 radical (unpaired) electrons. The quantitative estimate of drug-likeness (QED) is 0.808. The minimum absolute atomic E-state index is 0.0790. The Hall–Kier alpha value is -1.06. The lowest BCUT2D eigenvalue weighted by Gasteiger charge is -2.38. The molecule has 0 amide bonds. The second-order valence-corrected chi connectivity index (χ2v) is 7.99. The van der Waals surface area contributed by atoms with Crippen molar-refractivity contribution in [2.75, 3.05) is 0 Å². The van der Waals surface area contributed by atoms with Gasteiger partial charge in [-0.05, 0) is 50.4 Å². The highest BCUT2D eigenvalue weighted by Crippen LogP contribution is 2.50. The van der Waals surface area contributed by atoms with Crippen LogP contribution in [0.2, 0.25) is 0 Å². The molecule has 2 fully saturated rings. The molecular weight excluding hydrogens is 256 g/mol. The summed E-state index contributed by atoms with van der Waals surface area (Å²) in [5, 5.41) is 9.13. The van der Waals surface area contributed by atoms with E-state index >= 15 is 0 Å². The van der Waals surface area contributed by atoms with Gasteiger partial charge in [0.05, 0.1) is 11.3 Å². The molecule has 4 atom stereocenters. The molecule has 2 bridgehead atoms. The lowest BCUT2D eigenvalue weighted by Crippen LogP contribution is -2.42. The summed E-state index contributed by atoms with van der Waals surface area (Å²) in [4.78, 5) is 23.5. The van der Waals surface area contributed by atoms with E-state index in [-0.39, 0.29) is 35.2 Å². The van der Waals surface area contributed by atoms with Crippen LogP contribution in [0.1, 0.15) is 53.9 Å². The van der Waals surface area contributed by atoms with Crippen molar-refractivity contribution in [1.82, 2.24) is 0 Å². The summed E-state index contributed by atoms with van der Waals surface area (Å²) in [5.41, 5.74) is -0.702. The predicted molar refractivity (Wildman–Crippen MR) is 75.1 cm³/mol. The molecule has 4 heteroatoms. The number of carbonyl (C=O) groups is 2. The fourth-order valence-electron chi connectivity index (χ4n) is 3.26. The molecule has 2 rings (SSSR count). The van der Waals surface area contributed by atoms with Crippen molar-refractivity contribution in [3.05, 3.63) is 0 Å². The lowest BCUT2D eigenvalue weighted by atomic mass is 9.69. The van der Waals surface area contributed by atoms with Crippen molar-refractivity contribution in [3.63, 3.8) is 0 Å². The van der Waals surface area contributed by atoms with Crippen LogP contribution in [0.15, 0.2) is 0 Å². The lowest BCUT2D eigenvalue weighted by molar-refractivity contribution is -0.169. The number of aliphatic carboxylic acids is 1. The van der Waals surface area contributed by atoms with Gasteiger partial charge in [0.1, 0.15) is 6.10 Å². The highest BCUT2D eigenvalue weighted by molar-refractivity contribution is 5.77. The molecule has 0 aromatic heterocycles.